The molecule has 3 rings (SSSR count). The molecule has 0 atom stereocenters. The summed E-state index contributed by atoms with van der Waals surface area (Å²) in [6.45, 7) is 0.0108. The van der Waals surface area contributed by atoms with Crippen molar-refractivity contribution in [3.05, 3.63) is 82.8 Å². The van der Waals surface area contributed by atoms with Gasteiger partial charge >= 0.3 is 5.69 Å². The predicted molar refractivity (Wildman–Crippen MR) is 104 cm³/mol. The summed E-state index contributed by atoms with van der Waals surface area (Å²) >= 11 is 0. The molecule has 1 heterocycles. The molecule has 28 heavy (non-hydrogen) atoms. The van der Waals surface area contributed by atoms with Crippen molar-refractivity contribution in [1.82, 2.24) is 14.3 Å². The molecule has 0 spiro atoms. The third-order valence-corrected chi connectivity index (χ3v) is 4.29. The lowest BCUT2D eigenvalue weighted by atomic mass is 10.0. The summed E-state index contributed by atoms with van der Waals surface area (Å²) in [5.41, 5.74) is 13.8. The Morgan fingerprint density at radius 2 is 1.89 bits per heavy atom. The number of hydrogen-bond donors (Lipinski definition) is 2. The molecule has 3 aromatic rings. The maximum Gasteiger partial charge on any atom is 0.350 e. The van der Waals surface area contributed by atoms with Crippen LogP contribution in [0, 0.1) is 0 Å². The van der Waals surface area contributed by atoms with Crippen LogP contribution < -0.4 is 17.2 Å². The van der Waals surface area contributed by atoms with Crippen LogP contribution in [0.3, 0.4) is 0 Å². The Kier molecular flexibility index (Phi) is 5.81. The molecule has 2 aromatic carbocycles. The SMILES string of the molecule is NC/C(=C/F)Cn1ncn(-c2cccc(-c3ccc(CC(N)=O)cc3)c2)c1=O. The fraction of sp³-hybridized carbons (Fsp3) is 0.150. The van der Waals surface area contributed by atoms with Gasteiger partial charge in [0.1, 0.15) is 6.33 Å². The van der Waals surface area contributed by atoms with Crippen molar-refractivity contribution >= 4 is 5.91 Å². The average Bonchev–Trinajstić information content (AvgIpc) is 3.06. The Bertz CT molecular complexity index is 1070. The first-order valence-corrected chi connectivity index (χ1v) is 8.62. The second-order valence-corrected chi connectivity index (χ2v) is 6.30. The monoisotopic (exact) mass is 381 g/mol. The number of rotatable bonds is 7. The lowest BCUT2D eigenvalue weighted by molar-refractivity contribution is -0.117. The number of nitrogens with zero attached hydrogens (tertiary/aromatic N) is 3. The highest BCUT2D eigenvalue weighted by atomic mass is 19.1. The molecule has 0 fully saturated rings. The largest absolute Gasteiger partial charge is 0.369 e. The van der Waals surface area contributed by atoms with Crippen LogP contribution in [0.1, 0.15) is 5.56 Å². The fourth-order valence-electron chi connectivity index (χ4n) is 2.81. The summed E-state index contributed by atoms with van der Waals surface area (Å²) in [5.74, 6) is -0.383. The maximum absolute atomic E-state index is 12.7. The maximum atomic E-state index is 12.7. The Morgan fingerprint density at radius 1 is 1.14 bits per heavy atom. The van der Waals surface area contributed by atoms with Gasteiger partial charge in [-0.25, -0.2) is 18.4 Å². The van der Waals surface area contributed by atoms with Crippen LogP contribution in [0.4, 0.5) is 4.39 Å². The normalized spacial score (nSPS) is 11.6. The first kappa shape index (κ1) is 19.2. The van der Waals surface area contributed by atoms with E-state index in [1.807, 2.05) is 42.5 Å². The number of benzene rings is 2. The van der Waals surface area contributed by atoms with Gasteiger partial charge in [-0.1, -0.05) is 36.4 Å². The number of hydrogen-bond acceptors (Lipinski definition) is 4. The van der Waals surface area contributed by atoms with Crippen LogP contribution in [-0.2, 0) is 17.8 Å². The summed E-state index contributed by atoms with van der Waals surface area (Å²) in [7, 11) is 0. The molecule has 0 unspecified atom stereocenters. The van der Waals surface area contributed by atoms with Crippen molar-refractivity contribution in [3.8, 4) is 16.8 Å². The van der Waals surface area contributed by atoms with E-state index in [9.17, 15) is 14.0 Å². The molecule has 0 saturated heterocycles. The molecule has 0 radical (unpaired) electrons. The zero-order valence-electron chi connectivity index (χ0n) is 15.1. The molecule has 0 aliphatic heterocycles. The molecule has 0 aliphatic carbocycles. The van der Waals surface area contributed by atoms with Gasteiger partial charge in [0.05, 0.1) is 25.0 Å². The Balaban J connectivity index is 1.89. The van der Waals surface area contributed by atoms with E-state index in [2.05, 4.69) is 5.10 Å². The van der Waals surface area contributed by atoms with E-state index < -0.39 is 0 Å². The van der Waals surface area contributed by atoms with Gasteiger partial charge in [-0.15, -0.1) is 0 Å². The third-order valence-electron chi connectivity index (χ3n) is 4.29. The molecule has 8 heteroatoms. The van der Waals surface area contributed by atoms with E-state index >= 15 is 0 Å². The van der Waals surface area contributed by atoms with Gasteiger partial charge in [-0.05, 0) is 34.4 Å². The quantitative estimate of drug-likeness (QED) is 0.647. The van der Waals surface area contributed by atoms with Gasteiger partial charge in [0.25, 0.3) is 0 Å². The minimum atomic E-state index is -0.387. The molecule has 0 saturated carbocycles. The number of amides is 1. The van der Waals surface area contributed by atoms with Crippen LogP contribution in [0.15, 0.2) is 71.6 Å². The smallest absolute Gasteiger partial charge is 0.350 e. The topological polar surface area (TPSA) is 109 Å². The summed E-state index contributed by atoms with van der Waals surface area (Å²) < 4.78 is 15.3. The Labute approximate surface area is 160 Å². The van der Waals surface area contributed by atoms with Crippen molar-refractivity contribution in [2.24, 2.45) is 11.5 Å². The number of primary amides is 1. The van der Waals surface area contributed by atoms with Gasteiger partial charge in [0.2, 0.25) is 5.91 Å². The first-order chi connectivity index (χ1) is 13.5. The third kappa shape index (κ3) is 4.24. The lowest BCUT2D eigenvalue weighted by Crippen LogP contribution is -2.25. The average molecular weight is 381 g/mol. The van der Waals surface area contributed by atoms with E-state index in [0.29, 0.717) is 12.0 Å². The molecule has 4 N–H and O–H groups in total. The van der Waals surface area contributed by atoms with E-state index in [0.717, 1.165) is 21.4 Å². The minimum Gasteiger partial charge on any atom is -0.369 e. The number of aromatic nitrogens is 3. The molecular formula is C20H20FN5O2. The Morgan fingerprint density at radius 3 is 2.54 bits per heavy atom. The second-order valence-electron chi connectivity index (χ2n) is 6.30. The summed E-state index contributed by atoms with van der Waals surface area (Å²) in [6, 6.07) is 14.9. The zero-order chi connectivity index (χ0) is 20.1. The molecule has 144 valence electrons. The van der Waals surface area contributed by atoms with Gasteiger partial charge in [-0.3, -0.25) is 4.79 Å². The number of nitrogens with two attached hydrogens (primary N) is 2. The molecule has 1 aromatic heterocycles. The van der Waals surface area contributed by atoms with Crippen molar-refractivity contribution < 1.29 is 9.18 Å². The predicted octanol–water partition coefficient (Wildman–Crippen LogP) is 1.54. The number of carbonyl (C=O) groups is 1. The van der Waals surface area contributed by atoms with Crippen molar-refractivity contribution in [2.45, 2.75) is 13.0 Å². The second kappa shape index (κ2) is 8.45. The van der Waals surface area contributed by atoms with Crippen molar-refractivity contribution in [3.63, 3.8) is 0 Å². The molecule has 1 amide bonds. The van der Waals surface area contributed by atoms with Gasteiger partial charge in [-0.2, -0.15) is 5.10 Å². The highest BCUT2D eigenvalue weighted by molar-refractivity contribution is 5.77. The summed E-state index contributed by atoms with van der Waals surface area (Å²) in [6.07, 6.45) is 1.98. The van der Waals surface area contributed by atoms with E-state index in [1.54, 1.807) is 6.07 Å². The summed E-state index contributed by atoms with van der Waals surface area (Å²) in [5, 5.41) is 4.03. The van der Waals surface area contributed by atoms with Crippen LogP contribution in [0.25, 0.3) is 16.8 Å². The van der Waals surface area contributed by atoms with Gasteiger partial charge < -0.3 is 11.5 Å². The summed E-state index contributed by atoms with van der Waals surface area (Å²) in [4.78, 5) is 23.6. The highest BCUT2D eigenvalue weighted by Crippen LogP contribution is 2.22. The van der Waals surface area contributed by atoms with E-state index in [-0.39, 0.29) is 36.7 Å². The van der Waals surface area contributed by atoms with Gasteiger partial charge in [0.15, 0.2) is 0 Å². The van der Waals surface area contributed by atoms with Crippen LogP contribution in [0.2, 0.25) is 0 Å². The first-order valence-electron chi connectivity index (χ1n) is 8.62. The molecule has 0 aliphatic rings. The fourth-order valence-corrected chi connectivity index (χ4v) is 2.81. The zero-order valence-corrected chi connectivity index (χ0v) is 15.1. The molecule has 0 bridgehead atoms. The minimum absolute atomic E-state index is 0.000150. The standard InChI is InChI=1S/C20H20FN5O2/c21-10-15(11-22)12-26-20(28)25(13-24-26)18-3-1-2-17(9-18)16-6-4-14(5-7-16)8-19(23)27/h1-7,9-10,13H,8,11-12,22H2,(H2,23,27)/b15-10-. The van der Waals surface area contributed by atoms with E-state index in [4.69, 9.17) is 11.5 Å². The van der Waals surface area contributed by atoms with Crippen molar-refractivity contribution in [2.75, 3.05) is 6.54 Å². The number of carbonyl (C=O) groups excluding carboxylic acids is 1. The molecule has 7 nitrogen and oxygen atoms in total. The number of halogens is 1. The van der Waals surface area contributed by atoms with E-state index in [1.165, 1.54) is 10.9 Å². The van der Waals surface area contributed by atoms with Crippen LogP contribution in [-0.4, -0.2) is 26.8 Å². The van der Waals surface area contributed by atoms with Crippen molar-refractivity contribution in [1.29, 1.82) is 0 Å². The van der Waals surface area contributed by atoms with Crippen LogP contribution >= 0.6 is 0 Å². The Hall–Kier alpha value is -3.52. The van der Waals surface area contributed by atoms with Gasteiger partial charge in [0, 0.05) is 6.54 Å². The highest BCUT2D eigenvalue weighted by Gasteiger charge is 2.10. The lowest BCUT2D eigenvalue weighted by Gasteiger charge is -2.07. The van der Waals surface area contributed by atoms with Crippen LogP contribution in [0.5, 0.6) is 0 Å². The molecular weight excluding hydrogens is 361 g/mol.